The highest BCUT2D eigenvalue weighted by molar-refractivity contribution is 5.81. The number of hydrogen-bond donors (Lipinski definition) is 1. The van der Waals surface area contributed by atoms with E-state index in [0.29, 0.717) is 30.9 Å². The van der Waals surface area contributed by atoms with Crippen LogP contribution in [0.2, 0.25) is 0 Å². The summed E-state index contributed by atoms with van der Waals surface area (Å²) < 4.78 is 46.6. The smallest absolute Gasteiger partial charge is 0.373 e. The van der Waals surface area contributed by atoms with Crippen LogP contribution >= 0.6 is 0 Å². The van der Waals surface area contributed by atoms with Gasteiger partial charge in [-0.2, -0.15) is 13.2 Å². The molecule has 0 amide bonds. The summed E-state index contributed by atoms with van der Waals surface area (Å²) in [5, 5.41) is 7.14. The lowest BCUT2D eigenvalue weighted by atomic mass is 9.91. The number of nitrogens with one attached hydrogen (secondary N) is 1. The van der Waals surface area contributed by atoms with Crippen molar-refractivity contribution >= 4 is 16.9 Å². The third-order valence-corrected chi connectivity index (χ3v) is 5.61. The Hall–Kier alpha value is -2.68. The highest BCUT2D eigenvalue weighted by Crippen LogP contribution is 2.40. The zero-order valence-corrected chi connectivity index (χ0v) is 17.0. The number of likely N-dealkylation sites (tertiary alicyclic amines) is 1. The van der Waals surface area contributed by atoms with Crippen LogP contribution < -0.4 is 5.32 Å². The molecule has 0 aromatic carbocycles. The van der Waals surface area contributed by atoms with Gasteiger partial charge in [-0.3, -0.25) is 4.90 Å². The number of rotatable bonds is 5. The highest BCUT2D eigenvalue weighted by atomic mass is 19.4. The quantitative estimate of drug-likeness (QED) is 0.651. The molecule has 1 atom stereocenters. The molecule has 1 aliphatic rings. The number of halogens is 3. The first-order valence-electron chi connectivity index (χ1n) is 10.1. The number of anilines is 1. The Labute approximate surface area is 172 Å². The van der Waals surface area contributed by atoms with Crippen LogP contribution in [0.4, 0.5) is 19.0 Å². The number of nitrogens with zero attached hydrogens (tertiary/aromatic N) is 4. The van der Waals surface area contributed by atoms with E-state index in [-0.39, 0.29) is 17.0 Å². The van der Waals surface area contributed by atoms with Crippen LogP contribution in [0.1, 0.15) is 48.2 Å². The van der Waals surface area contributed by atoms with Gasteiger partial charge in [0.15, 0.2) is 0 Å². The zero-order chi connectivity index (χ0) is 21.3. The molecule has 0 spiro atoms. The molecule has 9 heteroatoms. The van der Waals surface area contributed by atoms with E-state index < -0.39 is 11.7 Å². The van der Waals surface area contributed by atoms with E-state index in [1.165, 1.54) is 0 Å². The summed E-state index contributed by atoms with van der Waals surface area (Å²) in [7, 11) is 1.82. The second kappa shape index (κ2) is 8.22. The van der Waals surface area contributed by atoms with Crippen LogP contribution in [0, 0.1) is 0 Å². The molecule has 0 aliphatic carbocycles. The molecule has 1 saturated heterocycles. The normalized spacial score (nSPS) is 18.1. The van der Waals surface area contributed by atoms with Gasteiger partial charge in [0.05, 0.1) is 16.6 Å². The second-order valence-electron chi connectivity index (χ2n) is 7.60. The summed E-state index contributed by atoms with van der Waals surface area (Å²) in [6.07, 6.45) is -0.735. The average molecular weight is 419 g/mol. The number of piperidine rings is 1. The van der Waals surface area contributed by atoms with E-state index in [4.69, 9.17) is 4.52 Å². The number of fused-ring (bicyclic) bond motifs is 1. The Morgan fingerprint density at radius 2 is 2.17 bits per heavy atom. The number of aryl methyl sites for hydroxylation is 1. The summed E-state index contributed by atoms with van der Waals surface area (Å²) in [6.45, 7) is 3.91. The lowest BCUT2D eigenvalue weighted by molar-refractivity contribution is -0.136. The van der Waals surface area contributed by atoms with Gasteiger partial charge in [0.2, 0.25) is 0 Å². The molecule has 0 saturated carbocycles. The molecular weight excluding hydrogens is 395 g/mol. The topological polar surface area (TPSA) is 67.1 Å². The van der Waals surface area contributed by atoms with Gasteiger partial charge in [-0.15, -0.1) is 0 Å². The fourth-order valence-electron chi connectivity index (χ4n) is 4.16. The Morgan fingerprint density at radius 1 is 1.33 bits per heavy atom. The van der Waals surface area contributed by atoms with Gasteiger partial charge in [0.1, 0.15) is 5.82 Å². The zero-order valence-electron chi connectivity index (χ0n) is 17.0. The van der Waals surface area contributed by atoms with Gasteiger partial charge < -0.3 is 9.84 Å². The van der Waals surface area contributed by atoms with Crippen LogP contribution in [0.15, 0.2) is 28.9 Å². The monoisotopic (exact) mass is 419 g/mol. The van der Waals surface area contributed by atoms with Gasteiger partial charge in [0.25, 0.3) is 5.71 Å². The Kier molecular flexibility index (Phi) is 5.64. The minimum absolute atomic E-state index is 0.00356. The van der Waals surface area contributed by atoms with E-state index in [2.05, 4.69) is 25.3 Å². The molecular formula is C21H24F3N5O. The molecule has 0 radical (unpaired) electrons. The second-order valence-corrected chi connectivity index (χ2v) is 7.60. The summed E-state index contributed by atoms with van der Waals surface area (Å²) >= 11 is 0. The third kappa shape index (κ3) is 3.98. The van der Waals surface area contributed by atoms with Crippen LogP contribution in [0.5, 0.6) is 0 Å². The van der Waals surface area contributed by atoms with Crippen molar-refractivity contribution < 1.29 is 17.7 Å². The van der Waals surface area contributed by atoms with Crippen molar-refractivity contribution in [3.63, 3.8) is 0 Å². The maximum Gasteiger partial charge on any atom is 0.417 e. The van der Waals surface area contributed by atoms with Crippen molar-refractivity contribution in [2.75, 3.05) is 25.5 Å². The largest absolute Gasteiger partial charge is 0.417 e. The Balaban J connectivity index is 1.65. The summed E-state index contributed by atoms with van der Waals surface area (Å²) in [5.74, 6) is 0.659. The molecule has 4 heterocycles. The molecule has 30 heavy (non-hydrogen) atoms. The number of hydrogen-bond acceptors (Lipinski definition) is 6. The van der Waals surface area contributed by atoms with Crippen molar-refractivity contribution in [1.82, 2.24) is 20.0 Å². The number of pyridine rings is 2. The van der Waals surface area contributed by atoms with Gasteiger partial charge in [0, 0.05) is 43.5 Å². The van der Waals surface area contributed by atoms with Gasteiger partial charge in [-0.25, -0.2) is 9.97 Å². The van der Waals surface area contributed by atoms with Crippen molar-refractivity contribution in [3.05, 3.63) is 46.9 Å². The maximum absolute atomic E-state index is 13.8. The van der Waals surface area contributed by atoms with Crippen LogP contribution in [0.3, 0.4) is 0 Å². The van der Waals surface area contributed by atoms with E-state index in [0.717, 1.165) is 36.8 Å². The van der Waals surface area contributed by atoms with E-state index in [9.17, 15) is 13.2 Å². The predicted octanol–water partition coefficient (Wildman–Crippen LogP) is 4.62. The minimum Gasteiger partial charge on any atom is -0.373 e. The number of alkyl halides is 3. The lowest BCUT2D eigenvalue weighted by Crippen LogP contribution is -2.34. The first-order valence-corrected chi connectivity index (χ1v) is 10.1. The van der Waals surface area contributed by atoms with Crippen molar-refractivity contribution in [2.24, 2.45) is 0 Å². The third-order valence-electron chi connectivity index (χ3n) is 5.61. The SMILES string of the molecule is CCc1cc(C(F)(F)F)c2c([C@H]3CCCN(Cc4cccnc4NC)C3)noc2n1. The van der Waals surface area contributed by atoms with Gasteiger partial charge in [-0.1, -0.05) is 18.1 Å². The van der Waals surface area contributed by atoms with Crippen LogP contribution in [-0.2, 0) is 19.1 Å². The maximum atomic E-state index is 13.8. The molecule has 0 bridgehead atoms. The minimum atomic E-state index is -4.49. The molecule has 1 aliphatic heterocycles. The van der Waals surface area contributed by atoms with Gasteiger partial charge in [-0.05, 0) is 37.9 Å². The molecule has 6 nitrogen and oxygen atoms in total. The average Bonchev–Trinajstić information content (AvgIpc) is 3.17. The first kappa shape index (κ1) is 20.6. The van der Waals surface area contributed by atoms with Crippen molar-refractivity contribution in [2.45, 2.75) is 44.8 Å². The molecule has 160 valence electrons. The van der Waals surface area contributed by atoms with E-state index in [1.54, 1.807) is 13.1 Å². The van der Waals surface area contributed by atoms with Crippen LogP contribution in [-0.4, -0.2) is 40.2 Å². The summed E-state index contributed by atoms with van der Waals surface area (Å²) in [6, 6.07) is 5.01. The molecule has 1 fully saturated rings. The summed E-state index contributed by atoms with van der Waals surface area (Å²) in [4.78, 5) is 10.8. The fourth-order valence-corrected chi connectivity index (χ4v) is 4.16. The Morgan fingerprint density at radius 3 is 2.90 bits per heavy atom. The van der Waals surface area contributed by atoms with Crippen molar-refractivity contribution in [3.8, 4) is 0 Å². The molecule has 3 aromatic rings. The van der Waals surface area contributed by atoms with E-state index >= 15 is 0 Å². The summed E-state index contributed by atoms with van der Waals surface area (Å²) in [5.41, 5.74) is 1.02. The standard InChI is InChI=1S/C21H24F3N5O/c1-3-15-10-16(21(22,23)24)17-18(28-30-20(17)27-15)13-7-5-9-29(11-13)12-14-6-4-8-26-19(14)25-2/h4,6,8,10,13H,3,5,7,9,11-12H2,1-2H3,(H,25,26)/t13-/m0/s1. The molecule has 0 unspecified atom stereocenters. The van der Waals surface area contributed by atoms with Crippen LogP contribution in [0.25, 0.3) is 11.1 Å². The highest BCUT2D eigenvalue weighted by Gasteiger charge is 2.38. The predicted molar refractivity (Wildman–Crippen MR) is 107 cm³/mol. The van der Waals surface area contributed by atoms with Gasteiger partial charge >= 0.3 is 6.18 Å². The van der Waals surface area contributed by atoms with E-state index in [1.807, 2.05) is 19.2 Å². The lowest BCUT2D eigenvalue weighted by Gasteiger charge is -2.32. The molecule has 3 aromatic heterocycles. The molecule has 4 rings (SSSR count). The fraction of sp³-hybridized carbons (Fsp3) is 0.476. The first-order chi connectivity index (χ1) is 14.4. The van der Waals surface area contributed by atoms with Crippen molar-refractivity contribution in [1.29, 1.82) is 0 Å². The Bertz CT molecular complexity index is 1030. The number of aromatic nitrogens is 3. The molecule has 1 N–H and O–H groups in total.